The van der Waals surface area contributed by atoms with Crippen molar-refractivity contribution < 1.29 is 0 Å². The Morgan fingerprint density at radius 1 is 1.00 bits per heavy atom. The van der Waals surface area contributed by atoms with Gasteiger partial charge >= 0.3 is 0 Å². The summed E-state index contributed by atoms with van der Waals surface area (Å²) < 4.78 is 0. The van der Waals surface area contributed by atoms with Crippen LogP contribution < -0.4 is 5.56 Å². The fourth-order valence-corrected chi connectivity index (χ4v) is 2.26. The first-order chi connectivity index (χ1) is 8.77. The van der Waals surface area contributed by atoms with E-state index in [2.05, 4.69) is 9.97 Å². The van der Waals surface area contributed by atoms with Crippen LogP contribution in [0, 0.1) is 0 Å². The fraction of sp³-hybridized carbons (Fsp3) is 0. The van der Waals surface area contributed by atoms with Gasteiger partial charge in [-0.2, -0.15) is 0 Å². The summed E-state index contributed by atoms with van der Waals surface area (Å²) in [5.41, 5.74) is 2.14. The van der Waals surface area contributed by atoms with Crippen molar-refractivity contribution in [2.75, 3.05) is 0 Å². The van der Waals surface area contributed by atoms with E-state index in [0.29, 0.717) is 15.9 Å². The highest BCUT2D eigenvalue weighted by Crippen LogP contribution is 2.30. The van der Waals surface area contributed by atoms with Crippen molar-refractivity contribution >= 4 is 22.5 Å². The monoisotopic (exact) mass is 256 g/mol. The second-order valence-corrected chi connectivity index (χ2v) is 4.32. The zero-order valence-electron chi connectivity index (χ0n) is 9.35. The normalized spacial score (nSPS) is 10.7. The minimum Gasteiger partial charge on any atom is -0.313 e. The Bertz CT molecular complexity index is 775. The summed E-state index contributed by atoms with van der Waals surface area (Å²) in [4.78, 5) is 18.7. The molecule has 0 amide bonds. The number of halogens is 1. The van der Waals surface area contributed by atoms with Crippen LogP contribution in [-0.2, 0) is 0 Å². The van der Waals surface area contributed by atoms with E-state index < -0.39 is 0 Å². The fourth-order valence-electron chi connectivity index (χ4n) is 2.02. The minimum atomic E-state index is -0.157. The van der Waals surface area contributed by atoms with Crippen molar-refractivity contribution in [3.63, 3.8) is 0 Å². The van der Waals surface area contributed by atoms with Crippen LogP contribution in [0.3, 0.4) is 0 Å². The molecule has 1 heterocycles. The van der Waals surface area contributed by atoms with Gasteiger partial charge in [0.2, 0.25) is 0 Å². The molecule has 0 unspecified atom stereocenters. The summed E-state index contributed by atoms with van der Waals surface area (Å²) in [5, 5.41) is 1.18. The molecule has 0 saturated carbocycles. The van der Waals surface area contributed by atoms with E-state index in [0.717, 1.165) is 11.1 Å². The standard InChI is InChI=1S/C14H9ClN2O/c15-11-6-2-1-4-9(11)10-5-3-7-12-13(10)14(18)17-8-16-12/h1-8H,(H,16,17,18). The molecule has 1 N–H and O–H groups in total. The molecule has 18 heavy (non-hydrogen) atoms. The van der Waals surface area contributed by atoms with Crippen LogP contribution in [-0.4, -0.2) is 9.97 Å². The van der Waals surface area contributed by atoms with Crippen molar-refractivity contribution in [3.8, 4) is 11.1 Å². The molecule has 3 nitrogen and oxygen atoms in total. The van der Waals surface area contributed by atoms with Crippen molar-refractivity contribution in [2.45, 2.75) is 0 Å². The van der Waals surface area contributed by atoms with E-state index in [4.69, 9.17) is 11.6 Å². The molecule has 0 saturated heterocycles. The molecule has 2 aromatic carbocycles. The van der Waals surface area contributed by atoms with Crippen LogP contribution in [0.2, 0.25) is 5.02 Å². The Labute approximate surface area is 108 Å². The Morgan fingerprint density at radius 3 is 2.61 bits per heavy atom. The molecule has 0 aliphatic rings. The summed E-state index contributed by atoms with van der Waals surface area (Å²) in [7, 11) is 0. The van der Waals surface area contributed by atoms with Gasteiger partial charge in [-0.3, -0.25) is 4.79 Å². The summed E-state index contributed by atoms with van der Waals surface area (Å²) in [6.45, 7) is 0. The number of H-pyrrole nitrogens is 1. The van der Waals surface area contributed by atoms with Crippen LogP contribution in [0.15, 0.2) is 53.6 Å². The Balaban J connectivity index is 2.44. The third-order valence-electron chi connectivity index (χ3n) is 2.83. The highest BCUT2D eigenvalue weighted by Gasteiger charge is 2.09. The lowest BCUT2D eigenvalue weighted by molar-refractivity contribution is 1.17. The molecule has 4 heteroatoms. The van der Waals surface area contributed by atoms with Crippen molar-refractivity contribution in [1.82, 2.24) is 9.97 Å². The number of rotatable bonds is 1. The molecule has 0 atom stereocenters. The zero-order valence-corrected chi connectivity index (χ0v) is 10.1. The van der Waals surface area contributed by atoms with Gasteiger partial charge in [-0.25, -0.2) is 4.98 Å². The number of benzene rings is 2. The molecule has 0 aliphatic carbocycles. The van der Waals surface area contributed by atoms with Crippen molar-refractivity contribution in [1.29, 1.82) is 0 Å². The zero-order chi connectivity index (χ0) is 12.5. The highest BCUT2D eigenvalue weighted by molar-refractivity contribution is 6.33. The molecule has 0 aliphatic heterocycles. The molecule has 0 radical (unpaired) electrons. The van der Waals surface area contributed by atoms with Crippen LogP contribution in [0.5, 0.6) is 0 Å². The van der Waals surface area contributed by atoms with Crippen LogP contribution >= 0.6 is 11.6 Å². The maximum Gasteiger partial charge on any atom is 0.259 e. The molecule has 0 bridgehead atoms. The third kappa shape index (κ3) is 1.69. The first-order valence-electron chi connectivity index (χ1n) is 5.48. The van der Waals surface area contributed by atoms with Gasteiger partial charge in [0.05, 0.1) is 17.2 Å². The summed E-state index contributed by atoms with van der Waals surface area (Å²) in [6.07, 6.45) is 1.40. The molecule has 88 valence electrons. The molecule has 0 fully saturated rings. The van der Waals surface area contributed by atoms with Crippen molar-refractivity contribution in [3.05, 3.63) is 64.2 Å². The van der Waals surface area contributed by atoms with Gasteiger partial charge < -0.3 is 4.98 Å². The van der Waals surface area contributed by atoms with Gasteiger partial charge in [0.25, 0.3) is 5.56 Å². The number of fused-ring (bicyclic) bond motifs is 1. The second-order valence-electron chi connectivity index (χ2n) is 3.91. The van der Waals surface area contributed by atoms with Gasteiger partial charge in [0, 0.05) is 10.6 Å². The first-order valence-corrected chi connectivity index (χ1v) is 5.86. The van der Waals surface area contributed by atoms with E-state index in [-0.39, 0.29) is 5.56 Å². The lowest BCUT2D eigenvalue weighted by atomic mass is 10.0. The Morgan fingerprint density at radius 2 is 1.78 bits per heavy atom. The van der Waals surface area contributed by atoms with E-state index >= 15 is 0 Å². The van der Waals surface area contributed by atoms with E-state index in [1.54, 1.807) is 6.07 Å². The largest absolute Gasteiger partial charge is 0.313 e. The quantitative estimate of drug-likeness (QED) is 0.726. The molecular weight excluding hydrogens is 248 g/mol. The average molecular weight is 257 g/mol. The van der Waals surface area contributed by atoms with Crippen LogP contribution in [0.4, 0.5) is 0 Å². The van der Waals surface area contributed by atoms with E-state index in [1.165, 1.54) is 6.33 Å². The predicted octanol–water partition coefficient (Wildman–Crippen LogP) is 3.24. The van der Waals surface area contributed by atoms with Gasteiger partial charge in [-0.1, -0.05) is 41.9 Å². The first kappa shape index (κ1) is 11.0. The van der Waals surface area contributed by atoms with Gasteiger partial charge in [0.1, 0.15) is 0 Å². The number of aromatic amines is 1. The maximum absolute atomic E-state index is 11.9. The number of nitrogens with zero attached hydrogens (tertiary/aromatic N) is 1. The number of hydrogen-bond acceptors (Lipinski definition) is 2. The molecular formula is C14H9ClN2O. The smallest absolute Gasteiger partial charge is 0.259 e. The topological polar surface area (TPSA) is 45.8 Å². The van der Waals surface area contributed by atoms with Gasteiger partial charge in [-0.05, 0) is 17.7 Å². The SMILES string of the molecule is O=c1[nH]cnc2cccc(-c3ccccc3Cl)c12. The highest BCUT2D eigenvalue weighted by atomic mass is 35.5. The van der Waals surface area contributed by atoms with Crippen molar-refractivity contribution in [2.24, 2.45) is 0 Å². The number of aromatic nitrogens is 2. The summed E-state index contributed by atoms with van der Waals surface area (Å²) in [6, 6.07) is 13.0. The third-order valence-corrected chi connectivity index (χ3v) is 3.16. The van der Waals surface area contributed by atoms with Crippen LogP contribution in [0.1, 0.15) is 0 Å². The summed E-state index contributed by atoms with van der Waals surface area (Å²) in [5.74, 6) is 0. The Hall–Kier alpha value is -2.13. The predicted molar refractivity (Wildman–Crippen MR) is 72.8 cm³/mol. The van der Waals surface area contributed by atoms with E-state index in [1.807, 2.05) is 36.4 Å². The molecule has 3 aromatic rings. The molecule has 0 spiro atoms. The number of hydrogen-bond donors (Lipinski definition) is 1. The minimum absolute atomic E-state index is 0.157. The molecule has 1 aromatic heterocycles. The molecule has 3 rings (SSSR count). The van der Waals surface area contributed by atoms with Gasteiger partial charge in [0.15, 0.2) is 0 Å². The Kier molecular flexibility index (Phi) is 2.61. The maximum atomic E-state index is 11.9. The summed E-state index contributed by atoms with van der Waals surface area (Å²) >= 11 is 6.18. The van der Waals surface area contributed by atoms with E-state index in [9.17, 15) is 4.79 Å². The lowest BCUT2D eigenvalue weighted by Crippen LogP contribution is -2.07. The van der Waals surface area contributed by atoms with Gasteiger partial charge in [-0.15, -0.1) is 0 Å². The lowest BCUT2D eigenvalue weighted by Gasteiger charge is -2.06. The van der Waals surface area contributed by atoms with Crippen LogP contribution in [0.25, 0.3) is 22.0 Å². The second kappa shape index (κ2) is 4.27. The average Bonchev–Trinajstić information content (AvgIpc) is 2.39. The number of nitrogens with one attached hydrogen (secondary N) is 1.